The number of aryl methyl sites for hydroxylation is 1. The van der Waals surface area contributed by atoms with Crippen molar-refractivity contribution < 1.29 is 19.0 Å². The number of methoxy groups -OCH3 is 2. The highest BCUT2D eigenvalue weighted by atomic mass is 35.5. The van der Waals surface area contributed by atoms with E-state index >= 15 is 0 Å². The molecule has 170 valence electrons. The molecule has 0 radical (unpaired) electrons. The van der Waals surface area contributed by atoms with Gasteiger partial charge in [-0.25, -0.2) is 4.98 Å². The minimum atomic E-state index is 0. The van der Waals surface area contributed by atoms with Crippen LogP contribution in [0.5, 0.6) is 17.2 Å². The number of hydrogen-bond acceptors (Lipinski definition) is 6. The minimum absolute atomic E-state index is 0. The van der Waals surface area contributed by atoms with Gasteiger partial charge in [-0.15, -0.1) is 12.4 Å². The monoisotopic (exact) mass is 457 g/mol. The number of aromatic nitrogens is 1. The van der Waals surface area contributed by atoms with E-state index < -0.39 is 0 Å². The van der Waals surface area contributed by atoms with Crippen LogP contribution in [0.2, 0.25) is 0 Å². The van der Waals surface area contributed by atoms with Crippen LogP contribution in [0.4, 0.5) is 0 Å². The summed E-state index contributed by atoms with van der Waals surface area (Å²) in [4.78, 5) is 19.1. The van der Waals surface area contributed by atoms with Gasteiger partial charge in [-0.3, -0.25) is 4.79 Å². The first kappa shape index (κ1) is 23.6. The maximum atomic E-state index is 12.5. The van der Waals surface area contributed by atoms with E-state index in [0.29, 0.717) is 44.2 Å². The lowest BCUT2D eigenvalue weighted by atomic mass is 10.0. The van der Waals surface area contributed by atoms with Crippen LogP contribution in [0.15, 0.2) is 36.4 Å². The maximum Gasteiger partial charge on any atom is 0.224 e. The summed E-state index contributed by atoms with van der Waals surface area (Å²) in [5.41, 5.74) is 10.1. The molecule has 0 bridgehead atoms. The van der Waals surface area contributed by atoms with E-state index in [-0.39, 0.29) is 18.3 Å². The van der Waals surface area contributed by atoms with Crippen molar-refractivity contribution in [3.8, 4) is 28.5 Å². The standard InChI is InChI=1S/C24H27N3O4.ClH/c1-15-11-19(26-23-18(15)5-4-6-20(23)29-2)16-12-17-14-27(22(28)7-8-25)9-10-31-24(17)21(13-16)30-3;/h4-6,11-13H,7-10,14,25H2,1-3H3;1H. The fourth-order valence-electron chi connectivity index (χ4n) is 3.98. The summed E-state index contributed by atoms with van der Waals surface area (Å²) in [5, 5.41) is 1.05. The van der Waals surface area contributed by atoms with Crippen molar-refractivity contribution in [2.75, 3.05) is 33.9 Å². The third-order valence-corrected chi connectivity index (χ3v) is 5.56. The molecule has 0 unspecified atom stereocenters. The quantitative estimate of drug-likeness (QED) is 0.628. The number of fused-ring (bicyclic) bond motifs is 2. The van der Waals surface area contributed by atoms with Crippen LogP contribution >= 0.6 is 12.4 Å². The number of rotatable bonds is 5. The summed E-state index contributed by atoms with van der Waals surface area (Å²) < 4.78 is 17.1. The summed E-state index contributed by atoms with van der Waals surface area (Å²) in [7, 11) is 3.27. The lowest BCUT2D eigenvalue weighted by Crippen LogP contribution is -2.33. The maximum absolute atomic E-state index is 12.5. The number of para-hydroxylation sites is 1. The molecule has 7 nitrogen and oxygen atoms in total. The number of carbonyl (C=O) groups excluding carboxylic acids is 1. The van der Waals surface area contributed by atoms with Crippen LogP contribution < -0.4 is 19.9 Å². The van der Waals surface area contributed by atoms with Gasteiger partial charge in [0.1, 0.15) is 17.9 Å². The number of benzene rings is 2. The van der Waals surface area contributed by atoms with Crippen LogP contribution in [0.25, 0.3) is 22.2 Å². The number of nitrogens with zero attached hydrogens (tertiary/aromatic N) is 2. The number of ether oxygens (including phenoxy) is 3. The fraction of sp³-hybridized carbons (Fsp3) is 0.333. The summed E-state index contributed by atoms with van der Waals surface area (Å²) >= 11 is 0. The minimum Gasteiger partial charge on any atom is -0.494 e. The Morgan fingerprint density at radius 2 is 1.97 bits per heavy atom. The Kier molecular flexibility index (Phi) is 7.43. The molecule has 2 N–H and O–H groups in total. The highest BCUT2D eigenvalue weighted by Crippen LogP contribution is 2.39. The molecular formula is C24H28ClN3O4. The van der Waals surface area contributed by atoms with E-state index in [1.165, 1.54) is 0 Å². The third kappa shape index (κ3) is 4.45. The lowest BCUT2D eigenvalue weighted by Gasteiger charge is -2.20. The van der Waals surface area contributed by atoms with Crippen molar-refractivity contribution in [3.63, 3.8) is 0 Å². The molecule has 1 amide bonds. The van der Waals surface area contributed by atoms with Crippen LogP contribution in [-0.2, 0) is 11.3 Å². The fourth-order valence-corrected chi connectivity index (χ4v) is 3.98. The molecule has 32 heavy (non-hydrogen) atoms. The smallest absolute Gasteiger partial charge is 0.224 e. The first-order valence-corrected chi connectivity index (χ1v) is 10.3. The molecule has 2 aromatic carbocycles. The number of nitrogens with two attached hydrogens (primary N) is 1. The molecule has 0 saturated heterocycles. The lowest BCUT2D eigenvalue weighted by molar-refractivity contribution is -0.131. The van der Waals surface area contributed by atoms with E-state index in [2.05, 4.69) is 13.0 Å². The molecule has 0 atom stereocenters. The predicted octanol–water partition coefficient (Wildman–Crippen LogP) is 3.72. The Morgan fingerprint density at radius 3 is 2.69 bits per heavy atom. The average Bonchev–Trinajstić information content (AvgIpc) is 3.00. The van der Waals surface area contributed by atoms with Crippen molar-refractivity contribution in [2.45, 2.75) is 19.9 Å². The van der Waals surface area contributed by atoms with E-state index in [1.807, 2.05) is 30.3 Å². The molecule has 0 spiro atoms. The van der Waals surface area contributed by atoms with Crippen molar-refractivity contribution in [3.05, 3.63) is 47.5 Å². The molecule has 1 aromatic heterocycles. The Balaban J connectivity index is 0.00000289. The van der Waals surface area contributed by atoms with E-state index in [1.54, 1.807) is 19.1 Å². The van der Waals surface area contributed by atoms with Gasteiger partial charge >= 0.3 is 0 Å². The van der Waals surface area contributed by atoms with Gasteiger partial charge in [0.2, 0.25) is 5.91 Å². The summed E-state index contributed by atoms with van der Waals surface area (Å²) in [6.45, 7) is 3.74. The van der Waals surface area contributed by atoms with E-state index in [4.69, 9.17) is 24.9 Å². The summed E-state index contributed by atoms with van der Waals surface area (Å²) in [5.74, 6) is 2.04. The first-order chi connectivity index (χ1) is 15.0. The molecule has 2 heterocycles. The largest absolute Gasteiger partial charge is 0.494 e. The van der Waals surface area contributed by atoms with Gasteiger partial charge in [-0.2, -0.15) is 0 Å². The summed E-state index contributed by atoms with van der Waals surface area (Å²) in [6.07, 6.45) is 0.317. The molecule has 0 saturated carbocycles. The van der Waals surface area contributed by atoms with E-state index in [9.17, 15) is 4.79 Å². The van der Waals surface area contributed by atoms with Crippen LogP contribution in [-0.4, -0.2) is 49.7 Å². The SMILES string of the molecule is COc1cc(-c2cc(C)c3cccc(OC)c3n2)cc2c1OCCN(C(=O)CCN)C2.Cl. The normalized spacial score (nSPS) is 12.9. The van der Waals surface area contributed by atoms with Crippen molar-refractivity contribution >= 4 is 29.2 Å². The van der Waals surface area contributed by atoms with Gasteiger partial charge in [-0.05, 0) is 36.8 Å². The number of halogens is 1. The van der Waals surface area contributed by atoms with Gasteiger partial charge in [0, 0.05) is 36.0 Å². The van der Waals surface area contributed by atoms with Gasteiger partial charge in [0.25, 0.3) is 0 Å². The molecule has 3 aromatic rings. The topological polar surface area (TPSA) is 86.9 Å². The molecule has 1 aliphatic heterocycles. The van der Waals surface area contributed by atoms with Crippen LogP contribution in [0.1, 0.15) is 17.5 Å². The zero-order valence-corrected chi connectivity index (χ0v) is 19.3. The molecule has 8 heteroatoms. The Morgan fingerprint density at radius 1 is 1.19 bits per heavy atom. The zero-order valence-electron chi connectivity index (χ0n) is 18.5. The van der Waals surface area contributed by atoms with Crippen LogP contribution in [0.3, 0.4) is 0 Å². The van der Waals surface area contributed by atoms with Gasteiger partial charge in [-0.1, -0.05) is 12.1 Å². The number of amides is 1. The zero-order chi connectivity index (χ0) is 22.0. The molecule has 0 aliphatic carbocycles. The molecule has 0 fully saturated rings. The second-order valence-corrected chi connectivity index (χ2v) is 7.55. The molecule has 4 rings (SSSR count). The van der Waals surface area contributed by atoms with Crippen molar-refractivity contribution in [2.24, 2.45) is 5.73 Å². The highest BCUT2D eigenvalue weighted by molar-refractivity contribution is 5.90. The van der Waals surface area contributed by atoms with Crippen molar-refractivity contribution in [1.29, 1.82) is 0 Å². The highest BCUT2D eigenvalue weighted by Gasteiger charge is 2.23. The second-order valence-electron chi connectivity index (χ2n) is 7.55. The van der Waals surface area contributed by atoms with Crippen molar-refractivity contribution in [1.82, 2.24) is 9.88 Å². The van der Waals surface area contributed by atoms with E-state index in [0.717, 1.165) is 39.0 Å². The van der Waals surface area contributed by atoms with Gasteiger partial charge in [0.05, 0.1) is 26.5 Å². The number of pyridine rings is 1. The first-order valence-electron chi connectivity index (χ1n) is 10.3. The number of hydrogen-bond donors (Lipinski definition) is 1. The van der Waals surface area contributed by atoms with Gasteiger partial charge < -0.3 is 24.8 Å². The molecule has 1 aliphatic rings. The third-order valence-electron chi connectivity index (χ3n) is 5.56. The number of carbonyl (C=O) groups is 1. The Labute approximate surface area is 193 Å². The van der Waals surface area contributed by atoms with Crippen LogP contribution in [0, 0.1) is 6.92 Å². The second kappa shape index (κ2) is 10.1. The Hall–Kier alpha value is -3.03. The Bertz CT molecular complexity index is 1140. The average molecular weight is 458 g/mol. The molecular weight excluding hydrogens is 430 g/mol. The van der Waals surface area contributed by atoms with Gasteiger partial charge in [0.15, 0.2) is 11.5 Å². The predicted molar refractivity (Wildman–Crippen MR) is 127 cm³/mol. The summed E-state index contributed by atoms with van der Waals surface area (Å²) in [6, 6.07) is 11.9.